The zero-order valence-corrected chi connectivity index (χ0v) is 16.3. The number of amides is 1. The lowest BCUT2D eigenvalue weighted by molar-refractivity contribution is 0.0857. The highest BCUT2D eigenvalue weighted by atomic mass is 16.5. The van der Waals surface area contributed by atoms with E-state index in [9.17, 15) is 9.90 Å². The normalized spacial score (nSPS) is 27.2. The van der Waals surface area contributed by atoms with Crippen LogP contribution in [-0.2, 0) is 4.74 Å². The first-order valence-corrected chi connectivity index (χ1v) is 10.4. The lowest BCUT2D eigenvalue weighted by atomic mass is 9.76. The zero-order chi connectivity index (χ0) is 19.8. The summed E-state index contributed by atoms with van der Waals surface area (Å²) in [5.74, 6) is 0.931. The third-order valence-electron chi connectivity index (χ3n) is 6.39. The van der Waals surface area contributed by atoms with E-state index in [1.54, 1.807) is 12.1 Å². The molecule has 29 heavy (non-hydrogen) atoms. The van der Waals surface area contributed by atoms with Gasteiger partial charge in [-0.15, -0.1) is 0 Å². The monoisotopic (exact) mass is 390 g/mol. The SMILES string of the molecule is O=C(NCC1CCCO1)c1ccc2c(c1)C1C=CCC1C(c1ccc(O)cc1)N2. The molecule has 2 heterocycles. The highest BCUT2D eigenvalue weighted by molar-refractivity contribution is 5.95. The van der Waals surface area contributed by atoms with Gasteiger partial charge in [-0.1, -0.05) is 24.3 Å². The van der Waals surface area contributed by atoms with Crippen molar-refractivity contribution >= 4 is 11.6 Å². The van der Waals surface area contributed by atoms with Gasteiger partial charge in [0.1, 0.15) is 5.75 Å². The number of benzene rings is 2. The molecule has 0 radical (unpaired) electrons. The summed E-state index contributed by atoms with van der Waals surface area (Å²) in [4.78, 5) is 12.7. The molecule has 3 aliphatic rings. The fourth-order valence-corrected chi connectivity index (χ4v) is 4.86. The number of rotatable bonds is 4. The van der Waals surface area contributed by atoms with Crippen molar-refractivity contribution in [3.8, 4) is 5.75 Å². The predicted molar refractivity (Wildman–Crippen MR) is 112 cm³/mol. The molecule has 4 atom stereocenters. The van der Waals surface area contributed by atoms with Crippen molar-refractivity contribution in [2.24, 2.45) is 5.92 Å². The molecule has 3 N–H and O–H groups in total. The molecular formula is C24H26N2O3. The number of nitrogens with one attached hydrogen (secondary N) is 2. The van der Waals surface area contributed by atoms with Crippen LogP contribution in [0.15, 0.2) is 54.6 Å². The lowest BCUT2D eigenvalue weighted by Crippen LogP contribution is -2.32. The second-order valence-corrected chi connectivity index (χ2v) is 8.21. The van der Waals surface area contributed by atoms with Gasteiger partial charge in [0.25, 0.3) is 5.91 Å². The van der Waals surface area contributed by atoms with Crippen molar-refractivity contribution in [3.05, 3.63) is 71.3 Å². The smallest absolute Gasteiger partial charge is 0.251 e. The second-order valence-electron chi connectivity index (χ2n) is 8.21. The predicted octanol–water partition coefficient (Wildman–Crippen LogP) is 4.13. The van der Waals surface area contributed by atoms with Gasteiger partial charge in [-0.05, 0) is 66.6 Å². The van der Waals surface area contributed by atoms with Gasteiger partial charge < -0.3 is 20.5 Å². The summed E-state index contributed by atoms with van der Waals surface area (Å²) >= 11 is 0. The minimum absolute atomic E-state index is 0.0394. The molecule has 0 aromatic heterocycles. The molecule has 1 saturated heterocycles. The number of ether oxygens (including phenoxy) is 1. The maximum absolute atomic E-state index is 12.7. The van der Waals surface area contributed by atoms with Gasteiger partial charge in [0, 0.05) is 30.3 Å². The maximum atomic E-state index is 12.7. The van der Waals surface area contributed by atoms with E-state index in [0.29, 0.717) is 18.0 Å². The molecule has 2 aromatic rings. The number of fused-ring (bicyclic) bond motifs is 3. The van der Waals surface area contributed by atoms with Gasteiger partial charge in [-0.3, -0.25) is 4.79 Å². The fraction of sp³-hybridized carbons (Fsp3) is 0.375. The zero-order valence-electron chi connectivity index (χ0n) is 16.3. The number of carbonyl (C=O) groups excluding carboxylic acids is 1. The fourth-order valence-electron chi connectivity index (χ4n) is 4.86. The van der Waals surface area contributed by atoms with Gasteiger partial charge in [0.2, 0.25) is 0 Å². The van der Waals surface area contributed by atoms with E-state index < -0.39 is 0 Å². The van der Waals surface area contributed by atoms with E-state index in [2.05, 4.69) is 22.8 Å². The van der Waals surface area contributed by atoms with E-state index in [0.717, 1.165) is 31.6 Å². The van der Waals surface area contributed by atoms with Gasteiger partial charge in [0.05, 0.1) is 12.1 Å². The Morgan fingerprint density at radius 2 is 2.07 bits per heavy atom. The molecule has 5 nitrogen and oxygen atoms in total. The van der Waals surface area contributed by atoms with Crippen LogP contribution in [0.4, 0.5) is 5.69 Å². The Morgan fingerprint density at radius 1 is 1.21 bits per heavy atom. The first kappa shape index (κ1) is 18.3. The molecule has 1 fully saturated rings. The Labute approximate surface area is 170 Å². The van der Waals surface area contributed by atoms with Crippen LogP contribution in [0.25, 0.3) is 0 Å². The summed E-state index contributed by atoms with van der Waals surface area (Å²) < 4.78 is 5.60. The average Bonchev–Trinajstić information content (AvgIpc) is 3.44. The third-order valence-corrected chi connectivity index (χ3v) is 6.39. The van der Waals surface area contributed by atoms with Crippen molar-refractivity contribution in [2.45, 2.75) is 37.3 Å². The number of hydrogen-bond donors (Lipinski definition) is 3. The minimum Gasteiger partial charge on any atom is -0.508 e. The van der Waals surface area contributed by atoms with E-state index in [4.69, 9.17) is 4.74 Å². The van der Waals surface area contributed by atoms with E-state index >= 15 is 0 Å². The van der Waals surface area contributed by atoms with Crippen LogP contribution in [0.3, 0.4) is 0 Å². The second kappa shape index (κ2) is 7.56. The third kappa shape index (κ3) is 3.51. The average molecular weight is 390 g/mol. The minimum atomic E-state index is -0.0394. The lowest BCUT2D eigenvalue weighted by Gasteiger charge is -2.37. The molecule has 5 heteroatoms. The van der Waals surface area contributed by atoms with Crippen molar-refractivity contribution < 1.29 is 14.6 Å². The number of carbonyl (C=O) groups is 1. The van der Waals surface area contributed by atoms with Gasteiger partial charge >= 0.3 is 0 Å². The Hall–Kier alpha value is -2.79. The summed E-state index contributed by atoms with van der Waals surface area (Å²) in [6, 6.07) is 13.6. The highest BCUT2D eigenvalue weighted by Crippen LogP contribution is 2.50. The van der Waals surface area contributed by atoms with E-state index in [-0.39, 0.29) is 29.7 Å². The summed E-state index contributed by atoms with van der Waals surface area (Å²) in [6.45, 7) is 1.37. The highest BCUT2D eigenvalue weighted by Gasteiger charge is 2.38. The number of hydrogen-bond acceptors (Lipinski definition) is 4. The molecule has 1 aliphatic carbocycles. The van der Waals surface area contributed by atoms with Crippen LogP contribution in [-0.4, -0.2) is 30.3 Å². The molecule has 1 amide bonds. The molecule has 150 valence electrons. The summed E-state index contributed by atoms with van der Waals surface area (Å²) in [7, 11) is 0. The first-order chi connectivity index (χ1) is 14.2. The van der Waals surface area contributed by atoms with Crippen LogP contribution in [0.2, 0.25) is 0 Å². The molecule has 2 aliphatic heterocycles. The molecule has 5 rings (SSSR count). The summed E-state index contributed by atoms with van der Waals surface area (Å²) in [6.07, 6.45) is 7.74. The Morgan fingerprint density at radius 3 is 2.86 bits per heavy atom. The quantitative estimate of drug-likeness (QED) is 0.687. The van der Waals surface area contributed by atoms with Gasteiger partial charge in [-0.25, -0.2) is 0 Å². The Bertz CT molecular complexity index is 932. The number of allylic oxidation sites excluding steroid dienone is 2. The van der Waals surface area contributed by atoms with Crippen LogP contribution >= 0.6 is 0 Å². The maximum Gasteiger partial charge on any atom is 0.251 e. The topological polar surface area (TPSA) is 70.6 Å². The number of aromatic hydroxyl groups is 1. The summed E-state index contributed by atoms with van der Waals surface area (Å²) in [5, 5.41) is 16.3. The van der Waals surface area contributed by atoms with Crippen molar-refractivity contribution in [2.75, 3.05) is 18.5 Å². The number of anilines is 1. The summed E-state index contributed by atoms with van der Waals surface area (Å²) in [5.41, 5.74) is 4.13. The number of phenols is 1. The Balaban J connectivity index is 1.38. The van der Waals surface area contributed by atoms with Gasteiger partial charge in [0.15, 0.2) is 0 Å². The molecule has 0 saturated carbocycles. The largest absolute Gasteiger partial charge is 0.508 e. The van der Waals surface area contributed by atoms with Gasteiger partial charge in [-0.2, -0.15) is 0 Å². The van der Waals surface area contributed by atoms with Crippen molar-refractivity contribution in [3.63, 3.8) is 0 Å². The standard InChI is InChI=1S/C24H26N2O3/c27-17-9-6-15(7-10-17)23-20-5-1-4-19(20)21-13-16(8-11-22(21)26-23)24(28)25-14-18-3-2-12-29-18/h1,4,6-11,13,18-20,23,26-27H,2-3,5,12,14H2,(H,25,28). The number of phenolic OH excluding ortho intramolecular Hbond substituents is 1. The van der Waals surface area contributed by atoms with Crippen molar-refractivity contribution in [1.29, 1.82) is 0 Å². The molecule has 0 spiro atoms. The van der Waals surface area contributed by atoms with Crippen LogP contribution in [0.1, 0.15) is 52.7 Å². The van der Waals surface area contributed by atoms with E-state index in [1.165, 1.54) is 11.1 Å². The van der Waals surface area contributed by atoms with Crippen LogP contribution in [0.5, 0.6) is 5.75 Å². The molecule has 2 aromatic carbocycles. The molecule has 0 bridgehead atoms. The van der Waals surface area contributed by atoms with E-state index in [1.807, 2.05) is 30.3 Å². The molecular weight excluding hydrogens is 364 g/mol. The van der Waals surface area contributed by atoms with Crippen LogP contribution in [0, 0.1) is 5.92 Å². The van der Waals surface area contributed by atoms with Crippen molar-refractivity contribution in [1.82, 2.24) is 5.32 Å². The van der Waals surface area contributed by atoms with Crippen LogP contribution < -0.4 is 10.6 Å². The first-order valence-electron chi connectivity index (χ1n) is 10.4. The molecule has 4 unspecified atom stereocenters. The Kier molecular flexibility index (Phi) is 4.76.